The number of rotatable bonds is 5. The molecule has 2 aromatic carbocycles. The van der Waals surface area contributed by atoms with Crippen LogP contribution in [0, 0.1) is 13.8 Å². The molecule has 4 amide bonds. The number of aryl methyl sites for hydroxylation is 2. The first-order valence-corrected chi connectivity index (χ1v) is 10.8. The molecule has 0 bridgehead atoms. The number of ether oxygens (including phenoxy) is 1. The molecule has 3 rings (SSSR count). The van der Waals surface area contributed by atoms with Crippen molar-refractivity contribution in [2.45, 2.75) is 36.6 Å². The van der Waals surface area contributed by atoms with Crippen molar-refractivity contribution in [3.63, 3.8) is 0 Å². The van der Waals surface area contributed by atoms with Gasteiger partial charge in [-0.05, 0) is 55.3 Å². The molecular weight excluding hydrogens is 475 g/mol. The molecule has 1 unspecified atom stereocenters. The normalized spacial score (nSPS) is 15.1. The highest BCUT2D eigenvalue weighted by Gasteiger charge is 2.34. The summed E-state index contributed by atoms with van der Waals surface area (Å²) in [5.74, 6) is -2.42. The lowest BCUT2D eigenvalue weighted by atomic mass is 10.1. The van der Waals surface area contributed by atoms with E-state index in [1.165, 1.54) is 6.07 Å². The van der Waals surface area contributed by atoms with Crippen molar-refractivity contribution in [1.82, 2.24) is 5.32 Å². The van der Waals surface area contributed by atoms with Gasteiger partial charge < -0.3 is 15.4 Å². The number of thioether (sulfide) groups is 1. The third kappa shape index (κ3) is 6.50. The summed E-state index contributed by atoms with van der Waals surface area (Å²) in [5.41, 5.74) is 1.56. The fourth-order valence-electron chi connectivity index (χ4n) is 2.96. The Morgan fingerprint density at radius 1 is 1.09 bits per heavy atom. The predicted octanol–water partition coefficient (Wildman–Crippen LogP) is 4.02. The minimum Gasteiger partial charge on any atom is -0.456 e. The molecule has 0 aromatic heterocycles. The van der Waals surface area contributed by atoms with E-state index in [0.29, 0.717) is 10.6 Å². The number of carbonyl (C=O) groups is 4. The largest absolute Gasteiger partial charge is 0.456 e. The lowest BCUT2D eigenvalue weighted by Gasteiger charge is -2.24. The van der Waals surface area contributed by atoms with Crippen LogP contribution in [0.25, 0.3) is 0 Å². The number of esters is 1. The quantitative estimate of drug-likeness (QED) is 0.540. The lowest BCUT2D eigenvalue weighted by Crippen LogP contribution is -2.38. The Kier molecular flexibility index (Phi) is 7.50. The highest BCUT2D eigenvalue weighted by molar-refractivity contribution is 8.01. The maximum Gasteiger partial charge on any atom is 0.416 e. The summed E-state index contributed by atoms with van der Waals surface area (Å²) in [6.07, 6.45) is -4.97. The van der Waals surface area contributed by atoms with E-state index in [0.717, 1.165) is 35.0 Å². The van der Waals surface area contributed by atoms with Crippen molar-refractivity contribution in [2.24, 2.45) is 0 Å². The molecule has 180 valence electrons. The first-order valence-electron chi connectivity index (χ1n) is 9.95. The number of halogens is 3. The van der Waals surface area contributed by atoms with E-state index in [2.05, 4.69) is 10.6 Å². The molecule has 0 spiro atoms. The molecule has 1 atom stereocenters. The molecule has 0 saturated heterocycles. The van der Waals surface area contributed by atoms with Crippen molar-refractivity contribution in [3.05, 3.63) is 53.1 Å². The molecular formula is C22H20F3N3O5S. The van der Waals surface area contributed by atoms with Crippen LogP contribution >= 0.6 is 11.8 Å². The number of hydrogen-bond donors (Lipinski definition) is 3. The molecule has 1 aliphatic heterocycles. The lowest BCUT2D eigenvalue weighted by molar-refractivity contribution is -0.148. The van der Waals surface area contributed by atoms with Crippen LogP contribution < -0.4 is 16.0 Å². The van der Waals surface area contributed by atoms with E-state index in [4.69, 9.17) is 4.74 Å². The van der Waals surface area contributed by atoms with Gasteiger partial charge in [0.15, 0.2) is 6.61 Å². The van der Waals surface area contributed by atoms with Crippen LogP contribution in [0.1, 0.15) is 23.1 Å². The van der Waals surface area contributed by atoms with Crippen molar-refractivity contribution < 1.29 is 37.1 Å². The number of urea groups is 1. The van der Waals surface area contributed by atoms with E-state index in [9.17, 15) is 32.3 Å². The number of benzene rings is 2. The fourth-order valence-corrected chi connectivity index (χ4v) is 4.04. The van der Waals surface area contributed by atoms with Crippen molar-refractivity contribution in [1.29, 1.82) is 0 Å². The Morgan fingerprint density at radius 3 is 2.50 bits per heavy atom. The molecule has 1 aliphatic rings. The van der Waals surface area contributed by atoms with Crippen LogP contribution in [0.2, 0.25) is 0 Å². The van der Waals surface area contributed by atoms with E-state index >= 15 is 0 Å². The first kappa shape index (κ1) is 25.1. The van der Waals surface area contributed by atoms with Crippen molar-refractivity contribution >= 4 is 47.0 Å². The number of alkyl halides is 3. The minimum atomic E-state index is -4.55. The second-order valence-electron chi connectivity index (χ2n) is 7.47. The number of anilines is 2. The van der Waals surface area contributed by atoms with Gasteiger partial charge in [-0.15, -0.1) is 11.8 Å². The maximum atomic E-state index is 12.8. The third-order valence-electron chi connectivity index (χ3n) is 4.86. The first-order chi connectivity index (χ1) is 15.9. The van der Waals surface area contributed by atoms with Crippen LogP contribution in [0.5, 0.6) is 0 Å². The van der Waals surface area contributed by atoms with Gasteiger partial charge in [0.1, 0.15) is 0 Å². The number of amides is 4. The number of hydrogen-bond acceptors (Lipinski definition) is 6. The van der Waals surface area contributed by atoms with E-state index in [-0.39, 0.29) is 5.69 Å². The fraction of sp³-hybridized carbons (Fsp3) is 0.273. The predicted molar refractivity (Wildman–Crippen MR) is 118 cm³/mol. The third-order valence-corrected chi connectivity index (χ3v) is 6.14. The SMILES string of the molecule is Cc1ccc(NC(=O)NC(=O)COC(=O)CC2Sc3ccc(C(F)(F)F)cc3NC2=O)cc1C. The van der Waals surface area contributed by atoms with Gasteiger partial charge in [-0.2, -0.15) is 13.2 Å². The standard InChI is InChI=1S/C22H20F3N3O5S/c1-11-3-5-14(7-12(11)2)26-21(32)28-18(29)10-33-19(30)9-17-20(31)27-15-8-13(22(23,24)25)4-6-16(15)34-17/h3-8,17H,9-10H2,1-2H3,(H,27,31)(H2,26,28,29,32). The summed E-state index contributed by atoms with van der Waals surface area (Å²) in [7, 11) is 0. The van der Waals surface area contributed by atoms with Crippen LogP contribution in [0.3, 0.4) is 0 Å². The zero-order chi connectivity index (χ0) is 25.0. The number of fused-ring (bicyclic) bond motifs is 1. The maximum absolute atomic E-state index is 12.8. The second-order valence-corrected chi connectivity index (χ2v) is 8.72. The Morgan fingerprint density at radius 2 is 1.82 bits per heavy atom. The highest BCUT2D eigenvalue weighted by Crippen LogP contribution is 2.40. The summed E-state index contributed by atoms with van der Waals surface area (Å²) < 4.78 is 43.3. The zero-order valence-corrected chi connectivity index (χ0v) is 18.9. The molecule has 12 heteroatoms. The summed E-state index contributed by atoms with van der Waals surface area (Å²) in [6, 6.07) is 7.31. The molecule has 0 aliphatic carbocycles. The van der Waals surface area contributed by atoms with Crippen LogP contribution in [-0.2, 0) is 25.3 Å². The van der Waals surface area contributed by atoms with Gasteiger partial charge in [-0.25, -0.2) is 4.79 Å². The van der Waals surface area contributed by atoms with Crippen LogP contribution in [0.15, 0.2) is 41.3 Å². The number of nitrogens with one attached hydrogen (secondary N) is 3. The van der Waals surface area contributed by atoms with Gasteiger partial charge in [0.2, 0.25) is 5.91 Å². The van der Waals surface area contributed by atoms with Crippen molar-refractivity contribution in [3.8, 4) is 0 Å². The molecule has 0 radical (unpaired) electrons. The van der Waals surface area contributed by atoms with Gasteiger partial charge >= 0.3 is 18.2 Å². The Labute approximate surface area is 196 Å². The Bertz CT molecular complexity index is 1150. The average molecular weight is 495 g/mol. The molecule has 0 saturated carbocycles. The molecule has 1 heterocycles. The van der Waals surface area contributed by atoms with E-state index in [1.54, 1.807) is 12.1 Å². The Hall–Kier alpha value is -3.54. The van der Waals surface area contributed by atoms with Gasteiger partial charge in [0.05, 0.1) is 22.9 Å². The molecule has 3 N–H and O–H groups in total. The zero-order valence-electron chi connectivity index (χ0n) is 18.0. The van der Waals surface area contributed by atoms with Gasteiger partial charge in [-0.3, -0.25) is 19.7 Å². The smallest absolute Gasteiger partial charge is 0.416 e. The van der Waals surface area contributed by atoms with Gasteiger partial charge in [0.25, 0.3) is 5.91 Å². The van der Waals surface area contributed by atoms with Gasteiger partial charge in [-0.1, -0.05) is 6.07 Å². The highest BCUT2D eigenvalue weighted by atomic mass is 32.2. The number of imide groups is 1. The summed E-state index contributed by atoms with van der Waals surface area (Å²) in [6.45, 7) is 3.03. The Balaban J connectivity index is 1.47. The minimum absolute atomic E-state index is 0.00334. The topological polar surface area (TPSA) is 114 Å². The molecule has 0 fully saturated rings. The van der Waals surface area contributed by atoms with Crippen molar-refractivity contribution in [2.75, 3.05) is 17.2 Å². The van der Waals surface area contributed by atoms with Crippen LogP contribution in [0.4, 0.5) is 29.3 Å². The molecule has 8 nitrogen and oxygen atoms in total. The summed E-state index contributed by atoms with van der Waals surface area (Å²) >= 11 is 0.916. The van der Waals surface area contributed by atoms with Gasteiger partial charge in [0, 0.05) is 10.6 Å². The van der Waals surface area contributed by atoms with E-state index in [1.807, 2.05) is 25.2 Å². The average Bonchev–Trinajstić information content (AvgIpc) is 2.74. The summed E-state index contributed by atoms with van der Waals surface area (Å²) in [4.78, 5) is 48.4. The van der Waals surface area contributed by atoms with E-state index < -0.39 is 53.8 Å². The monoisotopic (exact) mass is 495 g/mol. The number of carbonyl (C=O) groups excluding carboxylic acids is 4. The molecule has 34 heavy (non-hydrogen) atoms. The second kappa shape index (κ2) is 10.2. The molecule has 2 aromatic rings. The summed E-state index contributed by atoms with van der Waals surface area (Å²) in [5, 5.41) is 5.90. The van der Waals surface area contributed by atoms with Crippen LogP contribution in [-0.4, -0.2) is 35.7 Å².